The molecule has 16 heavy (non-hydrogen) atoms. The molecule has 0 aliphatic heterocycles. The zero-order valence-corrected chi connectivity index (χ0v) is 8.93. The Morgan fingerprint density at radius 1 is 1.56 bits per heavy atom. The van der Waals surface area contributed by atoms with Gasteiger partial charge >= 0.3 is 6.09 Å². The fourth-order valence-corrected chi connectivity index (χ4v) is 1.61. The molecule has 0 aliphatic rings. The lowest BCUT2D eigenvalue weighted by atomic mass is 10.3. The number of hydrogen-bond donors (Lipinski definition) is 2. The molecule has 2 rings (SSSR count). The van der Waals surface area contributed by atoms with E-state index < -0.39 is 6.09 Å². The lowest BCUT2D eigenvalue weighted by molar-refractivity contribution is 0.115. The van der Waals surface area contributed by atoms with E-state index in [2.05, 4.69) is 9.97 Å². The van der Waals surface area contributed by atoms with Crippen molar-refractivity contribution in [2.45, 2.75) is 19.4 Å². The molecule has 1 aromatic carbocycles. The van der Waals surface area contributed by atoms with Crippen molar-refractivity contribution in [2.24, 2.45) is 5.73 Å². The van der Waals surface area contributed by atoms with Crippen molar-refractivity contribution in [3.63, 3.8) is 0 Å². The lowest BCUT2D eigenvalue weighted by Crippen LogP contribution is -2.22. The molecule has 5 nitrogen and oxygen atoms in total. The van der Waals surface area contributed by atoms with E-state index in [1.807, 2.05) is 24.3 Å². The van der Waals surface area contributed by atoms with Gasteiger partial charge in [0.05, 0.1) is 11.0 Å². The summed E-state index contributed by atoms with van der Waals surface area (Å²) in [6.45, 7) is 1.78. The third-order valence-electron chi connectivity index (χ3n) is 2.24. The van der Waals surface area contributed by atoms with Crippen LogP contribution < -0.4 is 5.73 Å². The maximum absolute atomic E-state index is 10.5. The summed E-state index contributed by atoms with van der Waals surface area (Å²) in [7, 11) is 0. The van der Waals surface area contributed by atoms with Crippen molar-refractivity contribution in [3.05, 3.63) is 30.1 Å². The number of ether oxygens (including phenoxy) is 1. The maximum atomic E-state index is 10.5. The second-order valence-electron chi connectivity index (χ2n) is 3.65. The summed E-state index contributed by atoms with van der Waals surface area (Å²) in [5, 5.41) is 0. The minimum absolute atomic E-state index is 0.280. The average molecular weight is 219 g/mol. The van der Waals surface area contributed by atoms with Gasteiger partial charge in [-0.1, -0.05) is 12.1 Å². The molecular formula is C11H13N3O2. The van der Waals surface area contributed by atoms with Gasteiger partial charge in [-0.25, -0.2) is 9.78 Å². The first-order valence-electron chi connectivity index (χ1n) is 5.05. The summed E-state index contributed by atoms with van der Waals surface area (Å²) < 4.78 is 4.83. The lowest BCUT2D eigenvalue weighted by Gasteiger charge is -2.08. The minimum atomic E-state index is -0.761. The summed E-state index contributed by atoms with van der Waals surface area (Å²) in [5.74, 6) is 0.787. The van der Waals surface area contributed by atoms with E-state index in [0.717, 1.165) is 16.9 Å². The number of primary amides is 1. The first-order chi connectivity index (χ1) is 7.65. The van der Waals surface area contributed by atoms with E-state index in [-0.39, 0.29) is 6.10 Å². The quantitative estimate of drug-likeness (QED) is 0.822. The molecule has 0 saturated heterocycles. The van der Waals surface area contributed by atoms with Crippen LogP contribution in [0.5, 0.6) is 0 Å². The molecule has 1 atom stereocenters. The van der Waals surface area contributed by atoms with Gasteiger partial charge in [0.25, 0.3) is 0 Å². The smallest absolute Gasteiger partial charge is 0.404 e. The number of carbonyl (C=O) groups is 1. The number of carbonyl (C=O) groups excluding carboxylic acids is 1. The summed E-state index contributed by atoms with van der Waals surface area (Å²) >= 11 is 0. The maximum Gasteiger partial charge on any atom is 0.404 e. The number of rotatable bonds is 3. The van der Waals surface area contributed by atoms with Crippen LogP contribution in [0.4, 0.5) is 4.79 Å². The van der Waals surface area contributed by atoms with Crippen LogP contribution in [-0.4, -0.2) is 22.2 Å². The molecular weight excluding hydrogens is 206 g/mol. The van der Waals surface area contributed by atoms with Crippen LogP contribution in [0, 0.1) is 0 Å². The molecule has 0 bridgehead atoms. The molecule has 0 spiro atoms. The standard InChI is InChI=1S/C11H13N3O2/c1-7(16-11(12)15)6-10-13-8-4-2-3-5-9(8)14-10/h2-5,7H,6H2,1H3,(H2,12,15)(H,13,14). The Kier molecular flexibility index (Phi) is 2.76. The van der Waals surface area contributed by atoms with Crippen LogP contribution in [0.2, 0.25) is 0 Å². The van der Waals surface area contributed by atoms with Gasteiger partial charge in [0.15, 0.2) is 0 Å². The number of imidazole rings is 1. The van der Waals surface area contributed by atoms with Gasteiger partial charge in [0.1, 0.15) is 11.9 Å². The molecule has 1 amide bonds. The first-order valence-corrected chi connectivity index (χ1v) is 5.05. The van der Waals surface area contributed by atoms with E-state index in [9.17, 15) is 4.79 Å². The summed E-state index contributed by atoms with van der Waals surface area (Å²) in [6, 6.07) is 7.74. The van der Waals surface area contributed by atoms with Gasteiger partial charge in [-0.05, 0) is 19.1 Å². The number of para-hydroxylation sites is 2. The molecule has 1 aromatic heterocycles. The predicted octanol–water partition coefficient (Wildman–Crippen LogP) is 1.59. The van der Waals surface area contributed by atoms with Gasteiger partial charge in [0.2, 0.25) is 0 Å². The Balaban J connectivity index is 2.12. The van der Waals surface area contributed by atoms with Crippen molar-refractivity contribution < 1.29 is 9.53 Å². The van der Waals surface area contributed by atoms with E-state index in [0.29, 0.717) is 6.42 Å². The normalized spacial score (nSPS) is 12.6. The van der Waals surface area contributed by atoms with Crippen LogP contribution in [0.25, 0.3) is 11.0 Å². The van der Waals surface area contributed by atoms with Crippen LogP contribution in [0.15, 0.2) is 24.3 Å². The van der Waals surface area contributed by atoms with E-state index in [1.54, 1.807) is 6.92 Å². The third-order valence-corrected chi connectivity index (χ3v) is 2.24. The number of aromatic amines is 1. The topological polar surface area (TPSA) is 81.0 Å². The molecule has 1 heterocycles. The number of fused-ring (bicyclic) bond motifs is 1. The number of amides is 1. The first kappa shape index (κ1) is 10.5. The fraction of sp³-hybridized carbons (Fsp3) is 0.273. The Morgan fingerprint density at radius 3 is 3.00 bits per heavy atom. The highest BCUT2D eigenvalue weighted by Gasteiger charge is 2.10. The number of hydrogen-bond acceptors (Lipinski definition) is 3. The highest BCUT2D eigenvalue weighted by atomic mass is 16.6. The van der Waals surface area contributed by atoms with Crippen molar-refractivity contribution in [3.8, 4) is 0 Å². The number of nitrogens with two attached hydrogens (primary N) is 1. The average Bonchev–Trinajstić information content (AvgIpc) is 2.57. The van der Waals surface area contributed by atoms with Crippen molar-refractivity contribution in [1.82, 2.24) is 9.97 Å². The third kappa shape index (κ3) is 2.31. The number of H-pyrrole nitrogens is 1. The minimum Gasteiger partial charge on any atom is -0.446 e. The van der Waals surface area contributed by atoms with Gasteiger partial charge in [-0.2, -0.15) is 0 Å². The zero-order valence-electron chi connectivity index (χ0n) is 8.93. The highest BCUT2D eigenvalue weighted by Crippen LogP contribution is 2.12. The Labute approximate surface area is 92.6 Å². The van der Waals surface area contributed by atoms with E-state index in [4.69, 9.17) is 10.5 Å². The van der Waals surface area contributed by atoms with E-state index >= 15 is 0 Å². The molecule has 3 N–H and O–H groups in total. The Morgan fingerprint density at radius 2 is 2.31 bits per heavy atom. The molecule has 5 heteroatoms. The van der Waals surface area contributed by atoms with Gasteiger partial charge < -0.3 is 15.5 Å². The second kappa shape index (κ2) is 4.22. The Bertz CT molecular complexity index is 474. The van der Waals surface area contributed by atoms with Gasteiger partial charge in [0, 0.05) is 6.42 Å². The molecule has 0 saturated carbocycles. The number of aromatic nitrogens is 2. The molecule has 2 aromatic rings. The molecule has 0 aliphatic carbocycles. The monoisotopic (exact) mass is 219 g/mol. The molecule has 0 radical (unpaired) electrons. The second-order valence-corrected chi connectivity index (χ2v) is 3.65. The largest absolute Gasteiger partial charge is 0.446 e. The highest BCUT2D eigenvalue weighted by molar-refractivity contribution is 5.74. The van der Waals surface area contributed by atoms with E-state index in [1.165, 1.54) is 0 Å². The van der Waals surface area contributed by atoms with Crippen LogP contribution >= 0.6 is 0 Å². The van der Waals surface area contributed by atoms with Crippen molar-refractivity contribution in [1.29, 1.82) is 0 Å². The van der Waals surface area contributed by atoms with Crippen molar-refractivity contribution >= 4 is 17.1 Å². The number of benzene rings is 1. The number of nitrogens with one attached hydrogen (secondary N) is 1. The summed E-state index contributed by atoms with van der Waals surface area (Å²) in [5.41, 5.74) is 6.81. The number of nitrogens with zero attached hydrogens (tertiary/aromatic N) is 1. The molecule has 1 unspecified atom stereocenters. The van der Waals surface area contributed by atoms with Crippen molar-refractivity contribution in [2.75, 3.05) is 0 Å². The van der Waals surface area contributed by atoms with Crippen LogP contribution in [0.1, 0.15) is 12.7 Å². The van der Waals surface area contributed by atoms with Gasteiger partial charge in [-0.15, -0.1) is 0 Å². The predicted molar refractivity (Wildman–Crippen MR) is 59.9 cm³/mol. The van der Waals surface area contributed by atoms with Gasteiger partial charge in [-0.3, -0.25) is 0 Å². The Hall–Kier alpha value is -2.04. The molecule has 0 fully saturated rings. The van der Waals surface area contributed by atoms with Crippen LogP contribution in [-0.2, 0) is 11.2 Å². The fourth-order valence-electron chi connectivity index (χ4n) is 1.61. The summed E-state index contributed by atoms with van der Waals surface area (Å²) in [4.78, 5) is 18.1. The zero-order chi connectivity index (χ0) is 11.5. The SMILES string of the molecule is CC(Cc1nc2ccccc2[nH]1)OC(N)=O. The van der Waals surface area contributed by atoms with Crippen LogP contribution in [0.3, 0.4) is 0 Å². The molecule has 84 valence electrons. The summed E-state index contributed by atoms with van der Waals surface area (Å²) in [6.07, 6.45) is -0.515.